The molecule has 9 atom stereocenters. The van der Waals surface area contributed by atoms with Gasteiger partial charge in [-0.2, -0.15) is 0 Å². The zero-order valence-corrected chi connectivity index (χ0v) is 40.7. The number of nitrogens with zero attached hydrogens (tertiary/aromatic N) is 1. The molecular formula is C42H66N12O14S2. The maximum absolute atomic E-state index is 14.4. The summed E-state index contributed by atoms with van der Waals surface area (Å²) in [5, 5.41) is 47.2. The summed E-state index contributed by atoms with van der Waals surface area (Å²) in [5.41, 5.74) is 22.7. The molecule has 0 saturated carbocycles. The largest absolute Gasteiger partial charge is 0.508 e. The first-order valence-electron chi connectivity index (χ1n) is 22.3. The second kappa shape index (κ2) is 30.4. The number of hydrogen-bond donors (Lipinski definition) is 14. The zero-order valence-electron chi connectivity index (χ0n) is 39.1. The molecule has 1 aromatic rings. The highest BCUT2D eigenvalue weighted by molar-refractivity contribution is 8.76. The van der Waals surface area contributed by atoms with E-state index in [0.717, 1.165) is 26.5 Å². The normalized spacial score (nSPS) is 22.2. The van der Waals surface area contributed by atoms with Crippen molar-refractivity contribution in [2.75, 3.05) is 37.7 Å². The van der Waals surface area contributed by atoms with Gasteiger partial charge in [0.1, 0.15) is 42.0 Å². The number of benzene rings is 1. The van der Waals surface area contributed by atoms with Crippen molar-refractivity contribution in [3.8, 4) is 5.75 Å². The van der Waals surface area contributed by atoms with Crippen LogP contribution in [0.2, 0.25) is 0 Å². The third-order valence-corrected chi connectivity index (χ3v) is 13.1. The number of aliphatic hydroxyl groups is 2. The van der Waals surface area contributed by atoms with Crippen molar-refractivity contribution in [1.82, 2.24) is 42.1 Å². The summed E-state index contributed by atoms with van der Waals surface area (Å²) in [7, 11) is 1.83. The molecule has 1 aliphatic rings. The Balaban J connectivity index is 2.69. The van der Waals surface area contributed by atoms with Gasteiger partial charge in [-0.25, -0.2) is 0 Å². The summed E-state index contributed by atoms with van der Waals surface area (Å²) in [6.07, 6.45) is -2.80. The fourth-order valence-corrected chi connectivity index (χ4v) is 8.88. The molecule has 1 fully saturated rings. The lowest BCUT2D eigenvalue weighted by atomic mass is 9.96. The first-order valence-corrected chi connectivity index (χ1v) is 24.8. The van der Waals surface area contributed by atoms with Crippen LogP contribution in [0.5, 0.6) is 5.75 Å². The van der Waals surface area contributed by atoms with Gasteiger partial charge in [-0.05, 0) is 36.5 Å². The van der Waals surface area contributed by atoms with Crippen LogP contribution in [0.15, 0.2) is 24.3 Å². The third kappa shape index (κ3) is 21.2. The van der Waals surface area contributed by atoms with Crippen LogP contribution in [-0.4, -0.2) is 171 Å². The number of aliphatic hydroxyl groups excluding tert-OH is 2. The summed E-state index contributed by atoms with van der Waals surface area (Å²) >= 11 is 0. The number of nitrogens with one attached hydrogen (secondary N) is 7. The lowest BCUT2D eigenvalue weighted by Gasteiger charge is -2.31. The number of phenols is 1. The standard InChI is InChI=1S/C42H66N12O14S2/c1-4-6-26(37(63)47-15-33(46)60)48-34(61)17-54(16-24(57)18-55)42(68)30-20-70-69-19-25(43)36(62)50-28(13-22-7-9-23(56)10-8-22)40(66)53-35(21(3)5-2)41(67)49-27(11-12-31(44)58)38(64)51-29(14-32(45)59)39(65)52-30/h7-10,21,24-30,35,55-57H,4-6,11-20,43H2,1-3H3,(H2,44,58)(H2,45,59)(H2,46,60)(H,47,63)(H,48,61)(H,49,67)(H,50,62)(H,51,64)(H,52,65)(H,53,66)/t21-,24?,25-,26-,27-,28-,29-,30-,35-/m0/s1. The average molecular weight is 1030 g/mol. The SMILES string of the molecule is CCC[C@H](NC(=O)CN(CC(O)CO)C(=O)[C@@H]1CSSC[C@H](N)C(=O)N[C@@H](Cc2ccc(O)cc2)C(=O)N[C@@H]([C@@H](C)CC)C(=O)N[C@@H](CCC(N)=O)C(=O)N[C@@H](CC(N)=O)C(=O)N1)C(=O)NCC(N)=O. The predicted octanol–water partition coefficient (Wildman–Crippen LogP) is -5.66. The van der Waals surface area contributed by atoms with Crippen LogP contribution in [0.25, 0.3) is 0 Å². The summed E-state index contributed by atoms with van der Waals surface area (Å²) in [5.74, 6) is -11.7. The Morgan fingerprint density at radius 2 is 1.40 bits per heavy atom. The van der Waals surface area contributed by atoms with Crippen LogP contribution < -0.4 is 60.2 Å². The van der Waals surface area contributed by atoms with Gasteiger partial charge < -0.3 is 80.4 Å². The Labute approximate surface area is 411 Å². The highest BCUT2D eigenvalue weighted by Gasteiger charge is 2.37. The number of primary amides is 3. The smallest absolute Gasteiger partial charge is 0.246 e. The van der Waals surface area contributed by atoms with E-state index in [4.69, 9.17) is 22.9 Å². The van der Waals surface area contributed by atoms with Crippen molar-refractivity contribution < 1.29 is 68.1 Å². The van der Waals surface area contributed by atoms with E-state index in [2.05, 4.69) is 37.2 Å². The number of amides is 11. The minimum atomic E-state index is -1.85. The maximum Gasteiger partial charge on any atom is 0.246 e. The van der Waals surface area contributed by atoms with Gasteiger partial charge in [0, 0.05) is 30.9 Å². The number of rotatable bonds is 21. The van der Waals surface area contributed by atoms with Crippen LogP contribution in [0.3, 0.4) is 0 Å². The molecule has 26 nitrogen and oxygen atoms in total. The van der Waals surface area contributed by atoms with Crippen LogP contribution in [0.4, 0.5) is 0 Å². The van der Waals surface area contributed by atoms with Gasteiger partial charge in [-0.15, -0.1) is 0 Å². The summed E-state index contributed by atoms with van der Waals surface area (Å²) in [6, 6.07) is -4.67. The molecule has 0 spiro atoms. The molecule has 70 heavy (non-hydrogen) atoms. The summed E-state index contributed by atoms with van der Waals surface area (Å²) in [4.78, 5) is 147. The van der Waals surface area contributed by atoms with E-state index in [-0.39, 0.29) is 30.1 Å². The Morgan fingerprint density at radius 3 is 1.99 bits per heavy atom. The molecule has 0 aromatic heterocycles. The van der Waals surface area contributed by atoms with E-state index in [1.165, 1.54) is 24.3 Å². The summed E-state index contributed by atoms with van der Waals surface area (Å²) in [6.45, 7) is 2.05. The van der Waals surface area contributed by atoms with Crippen LogP contribution in [0.1, 0.15) is 64.9 Å². The molecule has 11 amide bonds. The first kappa shape index (κ1) is 59.9. The number of aromatic hydroxyl groups is 1. The second-order valence-electron chi connectivity index (χ2n) is 16.5. The minimum Gasteiger partial charge on any atom is -0.508 e. The van der Waals surface area contributed by atoms with E-state index in [1.807, 2.05) is 0 Å². The quantitative estimate of drug-likeness (QED) is 0.0511. The molecule has 390 valence electrons. The van der Waals surface area contributed by atoms with Gasteiger partial charge in [0.15, 0.2) is 0 Å². The molecule has 1 heterocycles. The monoisotopic (exact) mass is 1030 g/mol. The van der Waals surface area contributed by atoms with E-state index in [0.29, 0.717) is 18.4 Å². The Hall–Kier alpha value is -6.23. The van der Waals surface area contributed by atoms with E-state index in [1.54, 1.807) is 20.8 Å². The highest BCUT2D eigenvalue weighted by atomic mass is 33.1. The molecule has 0 bridgehead atoms. The Bertz CT molecular complexity index is 2020. The number of carbonyl (C=O) groups excluding carboxylic acids is 11. The van der Waals surface area contributed by atoms with Crippen molar-refractivity contribution in [3.63, 3.8) is 0 Å². The van der Waals surface area contributed by atoms with Gasteiger partial charge in [-0.3, -0.25) is 52.7 Å². The average Bonchev–Trinajstić information content (AvgIpc) is 3.30. The molecule has 1 aliphatic heterocycles. The lowest BCUT2D eigenvalue weighted by Crippen LogP contribution is -2.61. The molecule has 2 rings (SSSR count). The van der Waals surface area contributed by atoms with Crippen LogP contribution in [-0.2, 0) is 59.2 Å². The maximum atomic E-state index is 14.4. The molecule has 1 saturated heterocycles. The van der Waals surface area contributed by atoms with Crippen molar-refractivity contribution in [2.24, 2.45) is 28.9 Å². The lowest BCUT2D eigenvalue weighted by molar-refractivity contribution is -0.141. The number of phenolic OH excluding ortho intramolecular Hbond substituents is 1. The summed E-state index contributed by atoms with van der Waals surface area (Å²) < 4.78 is 0. The topological polar surface area (TPSA) is 440 Å². The molecule has 0 radical (unpaired) electrons. The first-order chi connectivity index (χ1) is 33.0. The van der Waals surface area contributed by atoms with Gasteiger partial charge in [0.05, 0.1) is 38.3 Å². The fourth-order valence-electron chi connectivity index (χ4n) is 6.60. The number of hydrogen-bond acceptors (Lipinski definition) is 17. The van der Waals surface area contributed by atoms with Crippen molar-refractivity contribution in [1.29, 1.82) is 0 Å². The van der Waals surface area contributed by atoms with Gasteiger partial charge in [0.25, 0.3) is 0 Å². The van der Waals surface area contributed by atoms with E-state index < -0.39 is 165 Å². The van der Waals surface area contributed by atoms with Gasteiger partial charge in [-0.1, -0.05) is 67.3 Å². The molecule has 18 N–H and O–H groups in total. The number of carbonyl (C=O) groups is 11. The van der Waals surface area contributed by atoms with Crippen molar-refractivity contribution in [2.45, 2.75) is 114 Å². The highest BCUT2D eigenvalue weighted by Crippen LogP contribution is 2.24. The molecule has 1 unspecified atom stereocenters. The Morgan fingerprint density at radius 1 is 0.800 bits per heavy atom. The third-order valence-electron chi connectivity index (χ3n) is 10.6. The Kier molecular flexibility index (Phi) is 26.0. The van der Waals surface area contributed by atoms with Gasteiger partial charge in [0.2, 0.25) is 65.0 Å². The molecular weight excluding hydrogens is 961 g/mol. The molecule has 28 heteroatoms. The molecule has 1 aromatic carbocycles. The number of nitrogens with two attached hydrogens (primary N) is 4. The predicted molar refractivity (Wildman–Crippen MR) is 255 cm³/mol. The van der Waals surface area contributed by atoms with Crippen LogP contribution >= 0.6 is 21.6 Å². The van der Waals surface area contributed by atoms with Crippen LogP contribution in [0, 0.1) is 5.92 Å². The molecule has 0 aliphatic carbocycles. The van der Waals surface area contributed by atoms with E-state index >= 15 is 0 Å². The minimum absolute atomic E-state index is 0.0694. The second-order valence-corrected chi connectivity index (χ2v) is 19.0. The zero-order chi connectivity index (χ0) is 52.7. The van der Waals surface area contributed by atoms with Gasteiger partial charge >= 0.3 is 0 Å². The van der Waals surface area contributed by atoms with E-state index in [9.17, 15) is 68.1 Å². The fraction of sp³-hybridized carbons (Fsp3) is 0.595. The van der Waals surface area contributed by atoms with Crippen molar-refractivity contribution >= 4 is 86.6 Å². The van der Waals surface area contributed by atoms with Crippen molar-refractivity contribution in [3.05, 3.63) is 29.8 Å².